The van der Waals surface area contributed by atoms with Crippen molar-refractivity contribution in [2.45, 2.75) is 51.6 Å². The number of hydrogen-bond donors (Lipinski definition) is 0. The summed E-state index contributed by atoms with van der Waals surface area (Å²) in [5.74, 6) is 1.32. The summed E-state index contributed by atoms with van der Waals surface area (Å²) in [5.41, 5.74) is -0.0575. The van der Waals surface area contributed by atoms with Gasteiger partial charge in [-0.3, -0.25) is 0 Å². The lowest BCUT2D eigenvalue weighted by molar-refractivity contribution is -0.0797. The Bertz CT molecular complexity index is 171. The van der Waals surface area contributed by atoms with Crippen LogP contribution < -0.4 is 0 Å². The first-order valence-corrected chi connectivity index (χ1v) is 6.16. The summed E-state index contributed by atoms with van der Waals surface area (Å²) in [5, 5.41) is 0. The number of methoxy groups -OCH3 is 2. The van der Waals surface area contributed by atoms with Crippen molar-refractivity contribution < 1.29 is 9.47 Å². The molecule has 1 aliphatic carbocycles. The average Bonchev–Trinajstić information content (AvgIpc) is 2.27. The monoisotopic (exact) mass is 214 g/mol. The predicted octanol–water partition coefficient (Wildman–Crippen LogP) is 3.25. The zero-order chi connectivity index (χ0) is 11.3. The molecule has 90 valence electrons. The molecule has 0 spiro atoms. The SMILES string of the molecule is COCC(C1CCCCC1)C(C)(C)OC. The normalized spacial score (nSPS) is 21.6. The number of hydrogen-bond acceptors (Lipinski definition) is 2. The number of ether oxygens (including phenoxy) is 2. The maximum atomic E-state index is 5.63. The van der Waals surface area contributed by atoms with E-state index in [-0.39, 0.29) is 5.60 Å². The first kappa shape index (κ1) is 13.0. The van der Waals surface area contributed by atoms with Crippen LogP contribution in [0.15, 0.2) is 0 Å². The summed E-state index contributed by atoms with van der Waals surface area (Å²) in [4.78, 5) is 0. The van der Waals surface area contributed by atoms with E-state index in [4.69, 9.17) is 9.47 Å². The molecule has 0 aromatic carbocycles. The minimum absolute atomic E-state index is 0.0575. The van der Waals surface area contributed by atoms with E-state index in [9.17, 15) is 0 Å². The second-order valence-corrected chi connectivity index (χ2v) is 5.27. The summed E-state index contributed by atoms with van der Waals surface area (Å²) in [6, 6.07) is 0. The topological polar surface area (TPSA) is 18.5 Å². The van der Waals surface area contributed by atoms with Crippen LogP contribution in [0, 0.1) is 11.8 Å². The Hall–Kier alpha value is -0.0800. The largest absolute Gasteiger partial charge is 0.384 e. The van der Waals surface area contributed by atoms with E-state index in [1.165, 1.54) is 32.1 Å². The molecule has 15 heavy (non-hydrogen) atoms. The van der Waals surface area contributed by atoms with E-state index >= 15 is 0 Å². The molecule has 0 aromatic heterocycles. The molecule has 1 saturated carbocycles. The summed E-state index contributed by atoms with van der Waals surface area (Å²) in [6.45, 7) is 5.20. The van der Waals surface area contributed by atoms with Gasteiger partial charge in [-0.25, -0.2) is 0 Å². The van der Waals surface area contributed by atoms with Gasteiger partial charge in [0.2, 0.25) is 0 Å². The molecule has 0 bridgehead atoms. The Morgan fingerprint density at radius 1 is 1.13 bits per heavy atom. The molecule has 1 rings (SSSR count). The van der Waals surface area contributed by atoms with Gasteiger partial charge in [-0.1, -0.05) is 19.3 Å². The van der Waals surface area contributed by atoms with Crippen molar-refractivity contribution >= 4 is 0 Å². The zero-order valence-electron chi connectivity index (χ0n) is 10.7. The molecule has 0 N–H and O–H groups in total. The maximum Gasteiger partial charge on any atom is 0.0675 e. The fourth-order valence-corrected chi connectivity index (χ4v) is 2.77. The Morgan fingerprint density at radius 2 is 1.73 bits per heavy atom. The molecule has 1 aliphatic rings. The molecule has 1 atom stereocenters. The second-order valence-electron chi connectivity index (χ2n) is 5.27. The van der Waals surface area contributed by atoms with Crippen molar-refractivity contribution in [2.75, 3.05) is 20.8 Å². The molecule has 0 aliphatic heterocycles. The molecule has 0 saturated heterocycles. The van der Waals surface area contributed by atoms with E-state index in [1.54, 1.807) is 7.11 Å². The van der Waals surface area contributed by atoms with Crippen molar-refractivity contribution in [3.63, 3.8) is 0 Å². The molecule has 2 nitrogen and oxygen atoms in total. The van der Waals surface area contributed by atoms with Crippen LogP contribution in [-0.2, 0) is 9.47 Å². The molecule has 0 amide bonds. The lowest BCUT2D eigenvalue weighted by atomic mass is 9.73. The van der Waals surface area contributed by atoms with Crippen LogP contribution in [0.2, 0.25) is 0 Å². The van der Waals surface area contributed by atoms with Gasteiger partial charge in [0.05, 0.1) is 12.2 Å². The van der Waals surface area contributed by atoms with Crippen molar-refractivity contribution in [1.82, 2.24) is 0 Å². The third-order valence-corrected chi connectivity index (χ3v) is 3.98. The molecular weight excluding hydrogens is 188 g/mol. The van der Waals surface area contributed by atoms with E-state index < -0.39 is 0 Å². The van der Waals surface area contributed by atoms with Crippen LogP contribution in [0.25, 0.3) is 0 Å². The third-order valence-electron chi connectivity index (χ3n) is 3.98. The number of rotatable bonds is 5. The fraction of sp³-hybridized carbons (Fsp3) is 1.00. The summed E-state index contributed by atoms with van der Waals surface area (Å²) in [6.07, 6.45) is 6.86. The van der Waals surface area contributed by atoms with E-state index in [1.807, 2.05) is 7.11 Å². The highest BCUT2D eigenvalue weighted by atomic mass is 16.5. The van der Waals surface area contributed by atoms with Crippen LogP contribution in [0.1, 0.15) is 46.0 Å². The van der Waals surface area contributed by atoms with Crippen LogP contribution >= 0.6 is 0 Å². The molecule has 0 heterocycles. The Morgan fingerprint density at radius 3 is 2.20 bits per heavy atom. The van der Waals surface area contributed by atoms with Gasteiger partial charge in [-0.05, 0) is 32.6 Å². The Balaban J connectivity index is 2.62. The average molecular weight is 214 g/mol. The van der Waals surface area contributed by atoms with Crippen LogP contribution in [0.5, 0.6) is 0 Å². The van der Waals surface area contributed by atoms with E-state index in [2.05, 4.69) is 13.8 Å². The molecule has 1 unspecified atom stereocenters. The van der Waals surface area contributed by atoms with Gasteiger partial charge in [-0.2, -0.15) is 0 Å². The fourth-order valence-electron chi connectivity index (χ4n) is 2.77. The van der Waals surface area contributed by atoms with Gasteiger partial charge >= 0.3 is 0 Å². The third kappa shape index (κ3) is 3.46. The molecule has 1 fully saturated rings. The van der Waals surface area contributed by atoms with E-state index in [0.717, 1.165) is 12.5 Å². The highest BCUT2D eigenvalue weighted by molar-refractivity contribution is 4.86. The first-order chi connectivity index (χ1) is 7.11. The van der Waals surface area contributed by atoms with Crippen molar-refractivity contribution in [3.05, 3.63) is 0 Å². The molecule has 2 heteroatoms. The minimum atomic E-state index is -0.0575. The highest BCUT2D eigenvalue weighted by Gasteiger charge is 2.36. The minimum Gasteiger partial charge on any atom is -0.384 e. The highest BCUT2D eigenvalue weighted by Crippen LogP contribution is 2.37. The second kappa shape index (κ2) is 5.86. The Labute approximate surface area is 94.3 Å². The summed E-state index contributed by atoms with van der Waals surface area (Å²) in [7, 11) is 3.60. The zero-order valence-corrected chi connectivity index (χ0v) is 10.7. The predicted molar refractivity (Wildman–Crippen MR) is 63.0 cm³/mol. The molecule has 0 aromatic rings. The smallest absolute Gasteiger partial charge is 0.0675 e. The quantitative estimate of drug-likeness (QED) is 0.699. The maximum absolute atomic E-state index is 5.63. The lowest BCUT2D eigenvalue weighted by Gasteiger charge is -2.39. The van der Waals surface area contributed by atoms with Gasteiger partial charge < -0.3 is 9.47 Å². The van der Waals surface area contributed by atoms with Crippen molar-refractivity contribution in [2.24, 2.45) is 11.8 Å². The Kier molecular flexibility index (Phi) is 5.07. The summed E-state index contributed by atoms with van der Waals surface area (Å²) < 4.78 is 11.0. The van der Waals surface area contributed by atoms with Crippen LogP contribution in [0.4, 0.5) is 0 Å². The van der Waals surface area contributed by atoms with Gasteiger partial charge in [-0.15, -0.1) is 0 Å². The van der Waals surface area contributed by atoms with Gasteiger partial charge in [0.25, 0.3) is 0 Å². The van der Waals surface area contributed by atoms with Crippen molar-refractivity contribution in [1.29, 1.82) is 0 Å². The van der Waals surface area contributed by atoms with Crippen LogP contribution in [0.3, 0.4) is 0 Å². The lowest BCUT2D eigenvalue weighted by Crippen LogP contribution is -2.41. The first-order valence-electron chi connectivity index (χ1n) is 6.16. The van der Waals surface area contributed by atoms with Crippen molar-refractivity contribution in [3.8, 4) is 0 Å². The standard InChI is InChI=1S/C13H26O2/c1-13(2,15-4)12(10-14-3)11-8-6-5-7-9-11/h11-12H,5-10H2,1-4H3. The summed E-state index contributed by atoms with van der Waals surface area (Å²) >= 11 is 0. The van der Waals surface area contributed by atoms with Gasteiger partial charge in [0.15, 0.2) is 0 Å². The molecular formula is C13H26O2. The molecule has 0 radical (unpaired) electrons. The van der Waals surface area contributed by atoms with Gasteiger partial charge in [0, 0.05) is 20.1 Å². The van der Waals surface area contributed by atoms with Gasteiger partial charge in [0.1, 0.15) is 0 Å². The van der Waals surface area contributed by atoms with E-state index in [0.29, 0.717) is 5.92 Å². The van der Waals surface area contributed by atoms with Crippen LogP contribution in [-0.4, -0.2) is 26.4 Å².